The van der Waals surface area contributed by atoms with Crippen LogP contribution in [-0.4, -0.2) is 69.4 Å². The highest BCUT2D eigenvalue weighted by molar-refractivity contribution is 7.93. The van der Waals surface area contributed by atoms with Gasteiger partial charge in [0.05, 0.1) is 40.6 Å². The maximum absolute atomic E-state index is 12.9. The van der Waals surface area contributed by atoms with Crippen molar-refractivity contribution in [1.82, 2.24) is 0 Å². The molecule has 0 unspecified atom stereocenters. The molecule has 20 nitrogen and oxygen atoms in total. The molecule has 77 heavy (non-hydrogen) atoms. The number of rotatable bonds is 19. The number of hydrogen-bond acceptors (Lipinski definition) is 15. The van der Waals surface area contributed by atoms with E-state index < -0.39 is 43.9 Å². The highest BCUT2D eigenvalue weighted by Crippen LogP contribution is 2.36. The molecule has 7 N–H and O–H groups in total. The van der Waals surface area contributed by atoms with Crippen LogP contribution in [0.4, 0.5) is 22.7 Å². The summed E-state index contributed by atoms with van der Waals surface area (Å²) >= 11 is 11.7. The number of ether oxygens (including phenoxy) is 4. The highest BCUT2D eigenvalue weighted by Gasteiger charge is 2.20. The summed E-state index contributed by atoms with van der Waals surface area (Å²) in [6, 6.07) is 33.4. The van der Waals surface area contributed by atoms with Crippen LogP contribution in [0.3, 0.4) is 0 Å². The number of aliphatic carboxylic acids is 2. The molecule has 0 saturated heterocycles. The van der Waals surface area contributed by atoms with E-state index in [1.165, 1.54) is 79.7 Å². The van der Waals surface area contributed by atoms with Crippen LogP contribution in [0.15, 0.2) is 143 Å². The number of nitrogens with one attached hydrogen (secondary N) is 3. The number of amides is 1. The van der Waals surface area contributed by atoms with Crippen molar-refractivity contribution in [3.63, 3.8) is 0 Å². The van der Waals surface area contributed by atoms with E-state index in [1.54, 1.807) is 88.4 Å². The first-order chi connectivity index (χ1) is 36.4. The van der Waals surface area contributed by atoms with E-state index in [1.807, 2.05) is 0 Å². The molecule has 0 spiro atoms. The summed E-state index contributed by atoms with van der Waals surface area (Å²) in [6.07, 6.45) is 0.419. The van der Waals surface area contributed by atoms with Crippen LogP contribution >= 0.6 is 23.2 Å². The van der Waals surface area contributed by atoms with Gasteiger partial charge in [-0.3, -0.25) is 38.2 Å². The number of hydrogen-bond donors (Lipinski definition) is 6. The molecule has 410 valence electrons. The summed E-state index contributed by atoms with van der Waals surface area (Å²) in [6.45, 7) is 8.64. The summed E-state index contributed by atoms with van der Waals surface area (Å²) < 4.78 is 76.5. The average Bonchev–Trinajstić information content (AvgIpc) is 3.36. The van der Waals surface area contributed by atoms with Gasteiger partial charge in [-0.2, -0.15) is 0 Å². The number of halogens is 2. The lowest BCUT2D eigenvalue weighted by Gasteiger charge is -2.16. The minimum absolute atomic E-state index is 0.00991. The molecule has 24 heteroatoms. The SMILES string of the molecule is CCC(=O)Nc1ccc(Oc2cccc(CC(=O)O)c2)c(NS(=O)(=O)c2ccc(Cl)cc2)c1.CCC(=O)OC(=O)CC.CCOC(C)=O.Nc1ccc(Oc2cccc(CC(=O)O)c2)c(NS(=O)(=O)c2ccc(Cl)cc2)c1. The molecule has 6 aromatic carbocycles. The Bertz CT molecular complexity index is 3220. The second-order valence-electron chi connectivity index (χ2n) is 15.6. The van der Waals surface area contributed by atoms with Gasteiger partial charge >= 0.3 is 29.8 Å². The number of carbonyl (C=O) groups is 6. The molecule has 0 saturated carbocycles. The zero-order chi connectivity index (χ0) is 57.3. The lowest BCUT2D eigenvalue weighted by atomic mass is 10.1. The Labute approximate surface area is 455 Å². The topological polar surface area (TPSA) is 310 Å². The number of anilines is 4. The monoisotopic (exact) mass is 1140 g/mol. The number of esters is 3. The van der Waals surface area contributed by atoms with Gasteiger partial charge in [0.2, 0.25) is 5.91 Å². The lowest BCUT2D eigenvalue weighted by Crippen LogP contribution is -2.14. The van der Waals surface area contributed by atoms with Gasteiger partial charge in [-0.25, -0.2) is 16.8 Å². The fourth-order valence-electron chi connectivity index (χ4n) is 5.89. The van der Waals surface area contributed by atoms with Crippen molar-refractivity contribution >= 4 is 102 Å². The van der Waals surface area contributed by atoms with Crippen molar-refractivity contribution in [2.45, 2.75) is 76.5 Å². The van der Waals surface area contributed by atoms with Crippen LogP contribution in [0.1, 0.15) is 65.0 Å². The van der Waals surface area contributed by atoms with Crippen molar-refractivity contribution in [2.75, 3.05) is 27.1 Å². The van der Waals surface area contributed by atoms with Gasteiger partial charge < -0.3 is 40.2 Å². The first-order valence-electron chi connectivity index (χ1n) is 23.1. The molecule has 0 heterocycles. The van der Waals surface area contributed by atoms with Gasteiger partial charge in [0.15, 0.2) is 11.5 Å². The summed E-state index contributed by atoms with van der Waals surface area (Å²) in [5.74, 6) is -2.26. The van der Waals surface area contributed by atoms with Gasteiger partial charge in [0.1, 0.15) is 11.5 Å². The number of carboxylic acid groups (broad SMARTS) is 2. The Morgan fingerprint density at radius 2 is 0.987 bits per heavy atom. The molecule has 1 amide bonds. The predicted molar refractivity (Wildman–Crippen MR) is 290 cm³/mol. The van der Waals surface area contributed by atoms with E-state index >= 15 is 0 Å². The van der Waals surface area contributed by atoms with E-state index in [0.717, 1.165) is 0 Å². The zero-order valence-electron chi connectivity index (χ0n) is 42.2. The third-order valence-electron chi connectivity index (χ3n) is 9.44. The zero-order valence-corrected chi connectivity index (χ0v) is 45.3. The summed E-state index contributed by atoms with van der Waals surface area (Å²) in [5, 5.41) is 21.4. The fourth-order valence-corrected chi connectivity index (χ4v) is 8.27. The molecule has 0 aliphatic rings. The second kappa shape index (κ2) is 31.0. The number of nitrogens with two attached hydrogens (primary N) is 1. The van der Waals surface area contributed by atoms with E-state index in [9.17, 15) is 45.6 Å². The number of carbonyl (C=O) groups excluding carboxylic acids is 4. The van der Waals surface area contributed by atoms with Crippen LogP contribution in [0.25, 0.3) is 0 Å². The molecule has 0 aliphatic carbocycles. The van der Waals surface area contributed by atoms with E-state index in [2.05, 4.69) is 24.2 Å². The first kappa shape index (κ1) is 63.1. The third kappa shape index (κ3) is 23.1. The van der Waals surface area contributed by atoms with Gasteiger partial charge in [0.25, 0.3) is 20.0 Å². The van der Waals surface area contributed by atoms with Crippen LogP contribution < -0.4 is 30.0 Å². The lowest BCUT2D eigenvalue weighted by molar-refractivity contribution is -0.159. The summed E-state index contributed by atoms with van der Waals surface area (Å²) in [5.41, 5.74) is 7.82. The molecule has 0 bridgehead atoms. The Morgan fingerprint density at radius 3 is 1.36 bits per heavy atom. The second-order valence-corrected chi connectivity index (χ2v) is 19.8. The number of sulfonamides is 2. The Balaban J connectivity index is 0.000000322. The van der Waals surface area contributed by atoms with Crippen molar-refractivity contribution in [3.05, 3.63) is 155 Å². The maximum atomic E-state index is 12.9. The molecule has 0 aliphatic heterocycles. The Morgan fingerprint density at radius 1 is 0.558 bits per heavy atom. The van der Waals surface area contributed by atoms with Crippen molar-refractivity contribution in [3.8, 4) is 23.0 Å². The minimum atomic E-state index is -4.00. The molecule has 0 aromatic heterocycles. The largest absolute Gasteiger partial charge is 0.481 e. The van der Waals surface area contributed by atoms with Gasteiger partial charge in [0, 0.05) is 47.6 Å². The summed E-state index contributed by atoms with van der Waals surface area (Å²) in [7, 11) is -7.91. The van der Waals surface area contributed by atoms with E-state index in [0.29, 0.717) is 50.7 Å². The molecule has 6 rings (SSSR count). The third-order valence-corrected chi connectivity index (χ3v) is 12.7. The molecular formula is C53H56Cl2N4O16S2. The number of carboxylic acids is 2. The van der Waals surface area contributed by atoms with E-state index in [4.69, 9.17) is 48.6 Å². The quantitative estimate of drug-likeness (QED) is 0.0249. The molecule has 0 fully saturated rings. The van der Waals surface area contributed by atoms with Crippen molar-refractivity contribution in [1.29, 1.82) is 0 Å². The van der Waals surface area contributed by atoms with Crippen LogP contribution in [0.5, 0.6) is 23.0 Å². The molecule has 6 aromatic rings. The van der Waals surface area contributed by atoms with Crippen LogP contribution in [0, 0.1) is 0 Å². The van der Waals surface area contributed by atoms with Crippen molar-refractivity contribution < 1.29 is 74.8 Å². The Kier molecular flexibility index (Phi) is 25.4. The highest BCUT2D eigenvalue weighted by atomic mass is 35.5. The van der Waals surface area contributed by atoms with Gasteiger partial charge in [-0.05, 0) is 127 Å². The minimum Gasteiger partial charge on any atom is -0.481 e. The van der Waals surface area contributed by atoms with Gasteiger partial charge in [-0.15, -0.1) is 0 Å². The number of nitrogen functional groups attached to an aromatic ring is 1. The molecular weight excluding hydrogens is 1080 g/mol. The van der Waals surface area contributed by atoms with Gasteiger partial charge in [-0.1, -0.05) is 68.2 Å². The first-order valence-corrected chi connectivity index (χ1v) is 26.8. The molecule has 0 atom stereocenters. The van der Waals surface area contributed by atoms with E-state index in [-0.39, 0.29) is 76.6 Å². The molecule has 0 radical (unpaired) electrons. The fraction of sp³-hybridized carbons (Fsp3) is 0.208. The summed E-state index contributed by atoms with van der Waals surface area (Å²) in [4.78, 5) is 64.2. The van der Waals surface area contributed by atoms with Crippen LogP contribution in [0.2, 0.25) is 10.0 Å². The number of benzene rings is 6. The normalized spacial score (nSPS) is 10.5. The predicted octanol–water partition coefficient (Wildman–Crippen LogP) is 10.5. The van der Waals surface area contributed by atoms with Crippen LogP contribution in [-0.2, 0) is 71.1 Å². The smallest absolute Gasteiger partial charge is 0.313 e. The maximum Gasteiger partial charge on any atom is 0.313 e. The Hall–Kier alpha value is -8.18. The average molecular weight is 1140 g/mol. The van der Waals surface area contributed by atoms with Crippen molar-refractivity contribution in [2.24, 2.45) is 0 Å². The standard InChI is InChI=1S/C23H21ClN2O6S.C20H17ClN2O5S.C6H10O3.C4H8O2/c1-2-22(27)25-17-8-11-21(32-18-5-3-4-15(12-18)13-23(28)29)20(14-17)26-33(30,31)19-9-6-16(24)7-10-19;21-14-4-7-17(8-5-14)29(26,27)23-18-12-15(22)6-9-19(18)28-16-3-1-2-13(10-16)11-20(24)25;1-3-5(7)9-6(8)4-2;1-3-6-4(2)5/h3-12,14,26H,2,13H2,1H3,(H,25,27)(H,28,29);1-10,12,23H,11,22H2,(H,24,25);3-4H2,1-2H3;3H2,1-2H3.